The molecule has 0 fully saturated rings. The van der Waals surface area contributed by atoms with Crippen LogP contribution in [0.3, 0.4) is 0 Å². The van der Waals surface area contributed by atoms with Crippen LogP contribution in [0.5, 0.6) is 0 Å². The average molecular weight is 559 g/mol. The van der Waals surface area contributed by atoms with Gasteiger partial charge in [-0.3, -0.25) is 14.5 Å². The van der Waals surface area contributed by atoms with E-state index >= 15 is 0 Å². The molecule has 5 aromatic rings. The van der Waals surface area contributed by atoms with Gasteiger partial charge in [0.05, 0.1) is 22.4 Å². The molecule has 6 rings (SSSR count). The number of amides is 2. The van der Waals surface area contributed by atoms with Crippen molar-refractivity contribution < 1.29 is 9.59 Å². The summed E-state index contributed by atoms with van der Waals surface area (Å²) in [5.74, 6) is 0.448. The standard InChI is InChI=1S/C34H30N4O2S/c1-23-11-9-15-26(19-23)33-31-32(25-13-5-3-6-14-25)36-38(28-18-10-12-24(2)20-28)34(31)37(30(40)22-41-33)21-29(39)35-27-16-7-4-8-17-27/h3-20,33H,21-22H2,1-2H3,(H,35,39)/t33-/m1/s1. The molecule has 0 spiro atoms. The molecular weight excluding hydrogens is 528 g/mol. The molecule has 4 aromatic carbocycles. The number of rotatable bonds is 6. The van der Waals surface area contributed by atoms with Gasteiger partial charge in [-0.1, -0.05) is 90.5 Å². The van der Waals surface area contributed by atoms with E-state index in [1.54, 1.807) is 16.7 Å². The highest BCUT2D eigenvalue weighted by Crippen LogP contribution is 2.48. The highest BCUT2D eigenvalue weighted by molar-refractivity contribution is 8.00. The first-order valence-corrected chi connectivity index (χ1v) is 14.6. The van der Waals surface area contributed by atoms with E-state index in [1.807, 2.05) is 90.5 Å². The Bertz CT molecular complexity index is 1720. The van der Waals surface area contributed by atoms with E-state index in [9.17, 15) is 9.59 Å². The van der Waals surface area contributed by atoms with E-state index in [0.29, 0.717) is 11.5 Å². The maximum atomic E-state index is 13.9. The second-order valence-electron chi connectivity index (χ2n) is 10.2. The van der Waals surface area contributed by atoms with Crippen LogP contribution in [0.1, 0.15) is 27.5 Å². The Hall–Kier alpha value is -4.62. The largest absolute Gasteiger partial charge is 0.325 e. The summed E-state index contributed by atoms with van der Waals surface area (Å²) < 4.78 is 1.84. The molecule has 204 valence electrons. The lowest BCUT2D eigenvalue weighted by Crippen LogP contribution is -2.40. The molecule has 0 aliphatic carbocycles. The summed E-state index contributed by atoms with van der Waals surface area (Å²) in [5, 5.41) is 7.95. The van der Waals surface area contributed by atoms with Crippen LogP contribution in [0, 0.1) is 13.8 Å². The number of fused-ring (bicyclic) bond motifs is 1. The van der Waals surface area contributed by atoms with Crippen LogP contribution in [0.15, 0.2) is 109 Å². The number of aromatic nitrogens is 2. The van der Waals surface area contributed by atoms with E-state index in [0.717, 1.165) is 39.2 Å². The molecule has 1 aliphatic heterocycles. The summed E-state index contributed by atoms with van der Waals surface area (Å²) in [7, 11) is 0. The molecule has 7 heteroatoms. The van der Waals surface area contributed by atoms with Crippen molar-refractivity contribution in [1.82, 2.24) is 9.78 Å². The molecule has 1 aliphatic rings. The number of para-hydroxylation sites is 1. The van der Waals surface area contributed by atoms with E-state index in [4.69, 9.17) is 5.10 Å². The minimum absolute atomic E-state index is 0.131. The first-order chi connectivity index (χ1) is 20.0. The minimum atomic E-state index is -0.271. The smallest absolute Gasteiger partial charge is 0.244 e. The van der Waals surface area contributed by atoms with Gasteiger partial charge in [-0.15, -0.1) is 11.8 Å². The Kier molecular flexibility index (Phi) is 7.44. The number of anilines is 2. The van der Waals surface area contributed by atoms with Gasteiger partial charge in [0.25, 0.3) is 0 Å². The Morgan fingerprint density at radius 1 is 0.878 bits per heavy atom. The molecule has 0 saturated carbocycles. The van der Waals surface area contributed by atoms with Gasteiger partial charge in [0.2, 0.25) is 11.8 Å². The highest BCUT2D eigenvalue weighted by Gasteiger charge is 2.37. The molecule has 1 atom stereocenters. The quantitative estimate of drug-likeness (QED) is 0.245. The van der Waals surface area contributed by atoms with E-state index in [-0.39, 0.29) is 29.4 Å². The molecule has 0 radical (unpaired) electrons. The molecule has 0 unspecified atom stereocenters. The summed E-state index contributed by atoms with van der Waals surface area (Å²) in [6.07, 6.45) is 0. The Morgan fingerprint density at radius 3 is 2.27 bits per heavy atom. The number of aryl methyl sites for hydroxylation is 2. The van der Waals surface area contributed by atoms with Crippen LogP contribution in [-0.4, -0.2) is 33.9 Å². The lowest BCUT2D eigenvalue weighted by molar-refractivity contribution is -0.120. The topological polar surface area (TPSA) is 67.2 Å². The summed E-state index contributed by atoms with van der Waals surface area (Å²) in [6, 6.07) is 35.8. The highest BCUT2D eigenvalue weighted by atomic mass is 32.2. The maximum Gasteiger partial charge on any atom is 0.244 e. The molecule has 41 heavy (non-hydrogen) atoms. The lowest BCUT2D eigenvalue weighted by Gasteiger charge is -2.23. The molecule has 1 aromatic heterocycles. The summed E-state index contributed by atoms with van der Waals surface area (Å²) in [4.78, 5) is 28.9. The van der Waals surface area contributed by atoms with Crippen molar-refractivity contribution >= 4 is 35.1 Å². The van der Waals surface area contributed by atoms with Gasteiger partial charge in [-0.2, -0.15) is 5.10 Å². The number of thioether (sulfide) groups is 1. The Labute approximate surface area is 244 Å². The second-order valence-corrected chi connectivity index (χ2v) is 11.3. The monoisotopic (exact) mass is 558 g/mol. The van der Waals surface area contributed by atoms with Gasteiger partial charge in [0, 0.05) is 16.8 Å². The molecule has 2 amide bonds. The zero-order valence-corrected chi connectivity index (χ0v) is 23.8. The molecule has 0 saturated heterocycles. The molecule has 6 nitrogen and oxygen atoms in total. The van der Waals surface area contributed by atoms with Gasteiger partial charge < -0.3 is 5.32 Å². The third kappa shape index (κ3) is 5.54. The van der Waals surface area contributed by atoms with Crippen molar-refractivity contribution in [3.8, 4) is 16.9 Å². The van der Waals surface area contributed by atoms with Crippen LogP contribution >= 0.6 is 11.8 Å². The van der Waals surface area contributed by atoms with Gasteiger partial charge in [-0.25, -0.2) is 4.68 Å². The van der Waals surface area contributed by atoms with Crippen molar-refractivity contribution in [2.75, 3.05) is 22.5 Å². The molecule has 1 N–H and O–H groups in total. The number of hydrogen-bond donors (Lipinski definition) is 1. The fourth-order valence-corrected chi connectivity index (χ4v) is 6.42. The van der Waals surface area contributed by atoms with E-state index in [1.165, 1.54) is 0 Å². The van der Waals surface area contributed by atoms with Crippen molar-refractivity contribution in [3.63, 3.8) is 0 Å². The maximum absolute atomic E-state index is 13.9. The van der Waals surface area contributed by atoms with Crippen LogP contribution in [0.25, 0.3) is 16.9 Å². The predicted molar refractivity (Wildman–Crippen MR) is 167 cm³/mol. The van der Waals surface area contributed by atoms with Crippen molar-refractivity contribution in [2.45, 2.75) is 19.1 Å². The normalized spacial score (nSPS) is 14.8. The van der Waals surface area contributed by atoms with Gasteiger partial charge in [0.15, 0.2) is 0 Å². The van der Waals surface area contributed by atoms with Crippen LogP contribution in [0.2, 0.25) is 0 Å². The molecule has 0 bridgehead atoms. The predicted octanol–water partition coefficient (Wildman–Crippen LogP) is 6.96. The van der Waals surface area contributed by atoms with E-state index in [2.05, 4.69) is 42.6 Å². The van der Waals surface area contributed by atoms with Gasteiger partial charge >= 0.3 is 0 Å². The van der Waals surface area contributed by atoms with E-state index < -0.39 is 0 Å². The number of benzene rings is 4. The summed E-state index contributed by atoms with van der Waals surface area (Å²) in [5.41, 5.74) is 7.51. The zero-order chi connectivity index (χ0) is 28.3. The second kappa shape index (κ2) is 11.5. The fraction of sp³-hybridized carbons (Fsp3) is 0.147. The molecular formula is C34H30N4O2S. The minimum Gasteiger partial charge on any atom is -0.325 e. The summed E-state index contributed by atoms with van der Waals surface area (Å²) >= 11 is 1.58. The van der Waals surface area contributed by atoms with Gasteiger partial charge in [0.1, 0.15) is 12.4 Å². The Morgan fingerprint density at radius 2 is 1.56 bits per heavy atom. The van der Waals surface area contributed by atoms with Crippen LogP contribution < -0.4 is 10.2 Å². The van der Waals surface area contributed by atoms with Crippen molar-refractivity contribution in [1.29, 1.82) is 0 Å². The fourth-order valence-electron chi connectivity index (χ4n) is 5.23. The lowest BCUT2D eigenvalue weighted by atomic mass is 9.98. The Balaban J connectivity index is 1.57. The zero-order valence-electron chi connectivity index (χ0n) is 23.0. The third-order valence-electron chi connectivity index (χ3n) is 7.09. The number of carbonyl (C=O) groups excluding carboxylic acids is 2. The third-order valence-corrected chi connectivity index (χ3v) is 8.34. The number of carbonyl (C=O) groups is 2. The van der Waals surface area contributed by atoms with Crippen molar-refractivity contribution in [3.05, 3.63) is 131 Å². The van der Waals surface area contributed by atoms with Crippen LogP contribution in [0.4, 0.5) is 11.5 Å². The first-order valence-electron chi connectivity index (χ1n) is 13.6. The SMILES string of the molecule is Cc1cccc([C@H]2SCC(=O)N(CC(=O)Nc3ccccc3)c3c2c(-c2ccccc2)nn3-c2cccc(C)c2)c1. The number of nitrogens with one attached hydrogen (secondary N) is 1. The number of hydrogen-bond acceptors (Lipinski definition) is 4. The number of nitrogens with zero attached hydrogens (tertiary/aromatic N) is 3. The van der Waals surface area contributed by atoms with Crippen molar-refractivity contribution in [2.24, 2.45) is 0 Å². The van der Waals surface area contributed by atoms with Gasteiger partial charge in [-0.05, 0) is 49.2 Å². The first kappa shape index (κ1) is 26.6. The van der Waals surface area contributed by atoms with Crippen LogP contribution in [-0.2, 0) is 9.59 Å². The average Bonchev–Trinajstić information content (AvgIpc) is 3.31. The molecule has 2 heterocycles. The summed E-state index contributed by atoms with van der Waals surface area (Å²) in [6.45, 7) is 3.98.